The number of hydrogen-bond donors (Lipinski definition) is 2. The Kier molecular flexibility index (Phi) is 2.37. The quantitative estimate of drug-likeness (QED) is 0.628. The molecule has 1 rings (SSSR count). The lowest BCUT2D eigenvalue weighted by Gasteiger charge is -1.93. The summed E-state index contributed by atoms with van der Waals surface area (Å²) in [5.74, 6) is -0.499. The number of benzene rings is 1. The first-order valence-electron chi connectivity index (χ1n) is 3.22. The Morgan fingerprint density at radius 2 is 1.92 bits per heavy atom. The normalized spacial score (nSPS) is 9.00. The van der Waals surface area contributed by atoms with Crippen LogP contribution in [0.4, 0.5) is 5.69 Å². The van der Waals surface area contributed by atoms with Crippen molar-refractivity contribution in [1.82, 2.24) is 5.29 Å². The fourth-order valence-electron chi connectivity index (χ4n) is 0.762. The third-order valence-electron chi connectivity index (χ3n) is 1.34. The highest BCUT2D eigenvalue weighted by Gasteiger charge is 2.01. The third-order valence-corrected chi connectivity index (χ3v) is 1.34. The van der Waals surface area contributed by atoms with E-state index in [0.717, 1.165) is 0 Å². The lowest BCUT2D eigenvalue weighted by molar-refractivity contribution is 0.100. The second-order valence-corrected chi connectivity index (χ2v) is 2.14. The maximum Gasteiger partial charge on any atom is 0.483 e. The second kappa shape index (κ2) is 3.47. The largest absolute Gasteiger partial charge is 0.483 e. The van der Waals surface area contributed by atoms with E-state index in [4.69, 9.17) is 5.73 Å². The highest BCUT2D eigenvalue weighted by atomic mass is 16.3. The minimum Gasteiger partial charge on any atom is -0.366 e. The van der Waals surface area contributed by atoms with Crippen LogP contribution in [0.15, 0.2) is 24.3 Å². The Morgan fingerprint density at radius 3 is 2.33 bits per heavy atom. The standard InChI is InChI=1S/C7H7N3O2/c8-7(11)5-1-3-6(4-2-5)9-10-12/h1-4H,(H2,8,11)(H,9,12)/q+1. The maximum atomic E-state index is 10.6. The van der Waals surface area contributed by atoms with Crippen LogP contribution in [0.5, 0.6) is 0 Å². The molecule has 1 radical (unpaired) electrons. The van der Waals surface area contributed by atoms with Gasteiger partial charge in [0.15, 0.2) is 0 Å². The number of anilines is 1. The molecule has 5 heteroatoms. The molecule has 0 heterocycles. The van der Waals surface area contributed by atoms with Crippen LogP contribution in [0.1, 0.15) is 10.4 Å². The number of amides is 1. The SMILES string of the molecule is NC(=O)c1ccc(N[N+]=O)cc1. The van der Waals surface area contributed by atoms with Gasteiger partial charge in [0.2, 0.25) is 5.91 Å². The number of nitrogens with one attached hydrogen (secondary N) is 1. The van der Waals surface area contributed by atoms with Crippen LogP contribution in [-0.4, -0.2) is 5.91 Å². The first-order valence-corrected chi connectivity index (χ1v) is 3.22. The van der Waals surface area contributed by atoms with Gasteiger partial charge in [0, 0.05) is 5.56 Å². The number of nitroso groups, excluding NO2 is 1. The Labute approximate surface area is 68.5 Å². The average molecular weight is 165 g/mol. The molecule has 0 fully saturated rings. The Hall–Kier alpha value is -1.91. The first kappa shape index (κ1) is 8.19. The number of carbonyl (C=O) groups is 1. The Morgan fingerprint density at radius 1 is 1.33 bits per heavy atom. The van der Waals surface area contributed by atoms with E-state index in [1.54, 1.807) is 12.1 Å². The summed E-state index contributed by atoms with van der Waals surface area (Å²) >= 11 is 0. The third kappa shape index (κ3) is 1.79. The predicted molar refractivity (Wildman–Crippen MR) is 44.1 cm³/mol. The van der Waals surface area contributed by atoms with E-state index < -0.39 is 5.91 Å². The van der Waals surface area contributed by atoms with E-state index in [1.807, 2.05) is 0 Å². The zero-order valence-electron chi connectivity index (χ0n) is 6.15. The number of primary amides is 1. The Balaban J connectivity index is 2.85. The van der Waals surface area contributed by atoms with Crippen molar-refractivity contribution in [3.63, 3.8) is 0 Å². The molecule has 1 aromatic carbocycles. The van der Waals surface area contributed by atoms with Crippen molar-refractivity contribution in [3.05, 3.63) is 34.7 Å². The molecule has 0 spiro atoms. The van der Waals surface area contributed by atoms with Crippen molar-refractivity contribution in [2.75, 3.05) is 5.43 Å². The molecule has 0 aliphatic carbocycles. The van der Waals surface area contributed by atoms with Crippen molar-refractivity contribution in [2.45, 2.75) is 0 Å². The molecule has 0 aliphatic rings. The van der Waals surface area contributed by atoms with Gasteiger partial charge in [-0.1, -0.05) is 0 Å². The van der Waals surface area contributed by atoms with Crippen LogP contribution in [-0.2, 0) is 0 Å². The van der Waals surface area contributed by atoms with E-state index in [0.29, 0.717) is 11.3 Å². The molecule has 3 N–H and O–H groups in total. The van der Waals surface area contributed by atoms with Gasteiger partial charge in [0.1, 0.15) is 10.6 Å². The number of nitrogens with zero attached hydrogens (tertiary/aromatic N) is 1. The van der Waals surface area contributed by atoms with Crippen molar-refractivity contribution < 1.29 is 4.79 Å². The van der Waals surface area contributed by atoms with Crippen LogP contribution >= 0.6 is 0 Å². The molecule has 0 atom stereocenters. The van der Waals surface area contributed by atoms with Crippen molar-refractivity contribution in [3.8, 4) is 0 Å². The monoisotopic (exact) mass is 165 g/mol. The second-order valence-electron chi connectivity index (χ2n) is 2.14. The summed E-state index contributed by atoms with van der Waals surface area (Å²) < 4.78 is 0. The van der Waals surface area contributed by atoms with Crippen LogP contribution in [0, 0.1) is 4.91 Å². The summed E-state index contributed by atoms with van der Waals surface area (Å²) in [6.45, 7) is 0. The van der Waals surface area contributed by atoms with Crippen molar-refractivity contribution >= 4 is 11.6 Å². The molecule has 1 aromatic rings. The summed E-state index contributed by atoms with van der Waals surface area (Å²) in [5, 5.41) is 2.46. The van der Waals surface area contributed by atoms with Gasteiger partial charge in [-0.05, 0) is 29.7 Å². The van der Waals surface area contributed by atoms with E-state index >= 15 is 0 Å². The average Bonchev–Trinajstić information content (AvgIpc) is 2.06. The summed E-state index contributed by atoms with van der Waals surface area (Å²) in [6, 6.07) is 6.11. The van der Waals surface area contributed by atoms with E-state index in [1.165, 1.54) is 12.1 Å². The number of nitrogens with two attached hydrogens (primary N) is 1. The van der Waals surface area contributed by atoms with Crippen LogP contribution in [0.25, 0.3) is 0 Å². The molecule has 0 aliphatic heterocycles. The molecule has 1 amide bonds. The van der Waals surface area contributed by atoms with Crippen LogP contribution in [0.3, 0.4) is 0 Å². The summed E-state index contributed by atoms with van der Waals surface area (Å²) in [6.07, 6.45) is 0. The highest BCUT2D eigenvalue weighted by molar-refractivity contribution is 5.93. The fourth-order valence-corrected chi connectivity index (χ4v) is 0.762. The molecule has 0 aromatic heterocycles. The lowest BCUT2D eigenvalue weighted by atomic mass is 10.2. The molecular formula is C7H7N3O2+. The van der Waals surface area contributed by atoms with Gasteiger partial charge >= 0.3 is 5.29 Å². The molecule has 0 saturated heterocycles. The Bertz CT molecular complexity index is 294. The predicted octanol–water partition coefficient (Wildman–Crippen LogP) is 0.215. The summed E-state index contributed by atoms with van der Waals surface area (Å²) in [7, 11) is 0. The van der Waals surface area contributed by atoms with E-state index in [9.17, 15) is 9.70 Å². The summed E-state index contributed by atoms with van der Waals surface area (Å²) in [4.78, 5) is 20.3. The van der Waals surface area contributed by atoms with Gasteiger partial charge < -0.3 is 5.73 Å². The topological polar surface area (TPSA) is 86.3 Å². The molecule has 5 nitrogen and oxygen atoms in total. The van der Waals surface area contributed by atoms with E-state index in [2.05, 4.69) is 10.7 Å². The molecule has 0 bridgehead atoms. The van der Waals surface area contributed by atoms with Crippen LogP contribution < -0.4 is 16.4 Å². The first-order chi connectivity index (χ1) is 5.74. The number of hydrogen-bond acceptors (Lipinski definition) is 3. The van der Waals surface area contributed by atoms with E-state index in [-0.39, 0.29) is 0 Å². The lowest BCUT2D eigenvalue weighted by Crippen LogP contribution is -2.10. The smallest absolute Gasteiger partial charge is 0.366 e. The van der Waals surface area contributed by atoms with Gasteiger partial charge in [-0.15, -0.1) is 0 Å². The fraction of sp³-hybridized carbons (Fsp3) is 0. The highest BCUT2D eigenvalue weighted by Crippen LogP contribution is 2.07. The van der Waals surface area contributed by atoms with Gasteiger partial charge in [0.05, 0.1) is 0 Å². The molecule has 61 valence electrons. The van der Waals surface area contributed by atoms with Crippen molar-refractivity contribution in [1.29, 1.82) is 0 Å². The minimum atomic E-state index is -0.499. The molecule has 12 heavy (non-hydrogen) atoms. The number of carbonyl (C=O) groups excluding carboxylic acids is 1. The van der Waals surface area contributed by atoms with Gasteiger partial charge in [-0.25, -0.2) is 0 Å². The summed E-state index contributed by atoms with van der Waals surface area (Å²) in [5.41, 5.74) is 8.10. The maximum absolute atomic E-state index is 10.6. The number of rotatable bonds is 3. The van der Waals surface area contributed by atoms with Gasteiger partial charge in [0.25, 0.3) is 0 Å². The zero-order chi connectivity index (χ0) is 8.97. The van der Waals surface area contributed by atoms with Gasteiger partial charge in [-0.2, -0.15) is 0 Å². The zero-order valence-corrected chi connectivity index (χ0v) is 6.15. The minimum absolute atomic E-state index is 0.395. The molecular weight excluding hydrogens is 158 g/mol. The molecule has 0 saturated carbocycles. The molecule has 0 unspecified atom stereocenters. The van der Waals surface area contributed by atoms with Crippen molar-refractivity contribution in [2.24, 2.45) is 5.73 Å². The van der Waals surface area contributed by atoms with Crippen LogP contribution in [0.2, 0.25) is 0 Å². The van der Waals surface area contributed by atoms with Gasteiger partial charge in [-0.3, -0.25) is 4.79 Å².